The molecule has 2 aromatic rings. The molecule has 134 valence electrons. The van der Waals surface area contributed by atoms with E-state index in [-0.39, 0.29) is 19.3 Å². The van der Waals surface area contributed by atoms with Crippen molar-refractivity contribution in [3.63, 3.8) is 0 Å². The third-order valence-corrected chi connectivity index (χ3v) is 3.91. The SMILES string of the molecule is COc1cccc(OC[C@@H]2CN(C(=O)O)CCO2)c1-c1cc(N)n[nH]1. The van der Waals surface area contributed by atoms with Gasteiger partial charge in [0, 0.05) is 12.6 Å². The number of nitrogens with zero attached hydrogens (tertiary/aromatic N) is 2. The minimum Gasteiger partial charge on any atom is -0.496 e. The van der Waals surface area contributed by atoms with Gasteiger partial charge in [-0.1, -0.05) is 6.07 Å². The van der Waals surface area contributed by atoms with Gasteiger partial charge >= 0.3 is 6.09 Å². The van der Waals surface area contributed by atoms with E-state index in [9.17, 15) is 4.79 Å². The Balaban J connectivity index is 1.77. The number of hydrogen-bond donors (Lipinski definition) is 3. The summed E-state index contributed by atoms with van der Waals surface area (Å²) in [6, 6.07) is 7.10. The fourth-order valence-corrected chi connectivity index (χ4v) is 2.71. The van der Waals surface area contributed by atoms with E-state index in [1.165, 1.54) is 4.90 Å². The molecule has 25 heavy (non-hydrogen) atoms. The number of carbonyl (C=O) groups is 1. The number of anilines is 1. The van der Waals surface area contributed by atoms with Gasteiger partial charge in [0.15, 0.2) is 0 Å². The van der Waals surface area contributed by atoms with Gasteiger partial charge in [0.05, 0.1) is 31.5 Å². The zero-order valence-corrected chi connectivity index (χ0v) is 13.8. The van der Waals surface area contributed by atoms with Crippen molar-refractivity contribution < 1.29 is 24.1 Å². The topological polar surface area (TPSA) is 123 Å². The molecular formula is C16H20N4O5. The average molecular weight is 348 g/mol. The molecule has 0 spiro atoms. The molecule has 1 aliphatic rings. The number of amides is 1. The molecule has 1 amide bonds. The highest BCUT2D eigenvalue weighted by molar-refractivity contribution is 5.75. The Labute approximate surface area is 144 Å². The summed E-state index contributed by atoms with van der Waals surface area (Å²) in [5.74, 6) is 1.54. The van der Waals surface area contributed by atoms with Crippen molar-refractivity contribution in [1.29, 1.82) is 0 Å². The molecule has 2 heterocycles. The molecule has 1 aliphatic heterocycles. The standard InChI is InChI=1S/C16H20N4O5/c1-23-12-3-2-4-13(15(12)11-7-14(17)19-18-11)25-9-10-8-20(16(21)22)5-6-24-10/h2-4,7,10H,5-6,8-9H2,1H3,(H,21,22)(H3,17,18,19)/t10-/m0/s1. The molecule has 3 rings (SSSR count). The minimum atomic E-state index is -0.955. The lowest BCUT2D eigenvalue weighted by molar-refractivity contribution is -0.0411. The first-order chi connectivity index (χ1) is 12.1. The van der Waals surface area contributed by atoms with Crippen LogP contribution in [0.2, 0.25) is 0 Å². The van der Waals surface area contributed by atoms with Crippen LogP contribution in [-0.2, 0) is 4.74 Å². The van der Waals surface area contributed by atoms with Crippen LogP contribution in [0.5, 0.6) is 11.5 Å². The molecule has 4 N–H and O–H groups in total. The van der Waals surface area contributed by atoms with Crippen molar-refractivity contribution in [2.24, 2.45) is 0 Å². The molecule has 0 unspecified atom stereocenters. The summed E-state index contributed by atoms with van der Waals surface area (Å²) in [5.41, 5.74) is 7.05. The molecule has 0 saturated carbocycles. The maximum absolute atomic E-state index is 11.1. The summed E-state index contributed by atoms with van der Waals surface area (Å²) >= 11 is 0. The number of benzene rings is 1. The number of aromatic amines is 1. The van der Waals surface area contributed by atoms with Gasteiger partial charge in [0.1, 0.15) is 30.0 Å². The van der Waals surface area contributed by atoms with Crippen LogP contribution >= 0.6 is 0 Å². The quantitative estimate of drug-likeness (QED) is 0.747. The van der Waals surface area contributed by atoms with Crippen LogP contribution in [0, 0.1) is 0 Å². The van der Waals surface area contributed by atoms with E-state index in [0.717, 1.165) is 0 Å². The number of carboxylic acid groups (broad SMARTS) is 1. The van der Waals surface area contributed by atoms with Gasteiger partial charge in [-0.25, -0.2) is 4.79 Å². The number of H-pyrrole nitrogens is 1. The van der Waals surface area contributed by atoms with Crippen LogP contribution in [0.15, 0.2) is 24.3 Å². The lowest BCUT2D eigenvalue weighted by atomic mass is 10.1. The second kappa shape index (κ2) is 7.31. The number of hydrogen-bond acceptors (Lipinski definition) is 6. The van der Waals surface area contributed by atoms with Crippen LogP contribution < -0.4 is 15.2 Å². The third kappa shape index (κ3) is 3.77. The Morgan fingerprint density at radius 1 is 1.52 bits per heavy atom. The number of ether oxygens (including phenoxy) is 3. The Morgan fingerprint density at radius 3 is 3.00 bits per heavy atom. The van der Waals surface area contributed by atoms with Gasteiger partial charge in [-0.3, -0.25) is 5.10 Å². The minimum absolute atomic E-state index is 0.216. The van der Waals surface area contributed by atoms with Crippen molar-refractivity contribution in [3.8, 4) is 22.8 Å². The van der Waals surface area contributed by atoms with Gasteiger partial charge in [0.2, 0.25) is 0 Å². The lowest BCUT2D eigenvalue weighted by Crippen LogP contribution is -2.47. The molecule has 9 heteroatoms. The van der Waals surface area contributed by atoms with E-state index in [2.05, 4.69) is 10.2 Å². The zero-order chi connectivity index (χ0) is 17.8. The fourth-order valence-electron chi connectivity index (χ4n) is 2.71. The number of methoxy groups -OCH3 is 1. The molecule has 1 aromatic carbocycles. The van der Waals surface area contributed by atoms with Gasteiger partial charge in [-0.15, -0.1) is 0 Å². The van der Waals surface area contributed by atoms with Crippen molar-refractivity contribution in [3.05, 3.63) is 24.3 Å². The van der Waals surface area contributed by atoms with Crippen LogP contribution in [0.4, 0.5) is 10.6 Å². The van der Waals surface area contributed by atoms with Gasteiger partial charge in [-0.2, -0.15) is 5.10 Å². The molecule has 1 fully saturated rings. The molecule has 0 bridgehead atoms. The van der Waals surface area contributed by atoms with E-state index in [1.807, 2.05) is 12.1 Å². The molecule has 0 aliphatic carbocycles. The number of morpholine rings is 1. The van der Waals surface area contributed by atoms with Crippen LogP contribution in [0.3, 0.4) is 0 Å². The highest BCUT2D eigenvalue weighted by Crippen LogP contribution is 2.37. The van der Waals surface area contributed by atoms with Crippen LogP contribution in [0.25, 0.3) is 11.3 Å². The molecule has 1 atom stereocenters. The second-order valence-electron chi connectivity index (χ2n) is 5.57. The third-order valence-electron chi connectivity index (χ3n) is 3.91. The summed E-state index contributed by atoms with van der Waals surface area (Å²) in [6.07, 6.45) is -1.29. The number of nitrogen functional groups attached to an aromatic ring is 1. The maximum atomic E-state index is 11.1. The van der Waals surface area contributed by atoms with E-state index in [0.29, 0.717) is 41.7 Å². The average Bonchev–Trinajstić information content (AvgIpc) is 3.05. The molecule has 1 aromatic heterocycles. The predicted octanol–water partition coefficient (Wildman–Crippen LogP) is 1.43. The fraction of sp³-hybridized carbons (Fsp3) is 0.375. The first-order valence-electron chi connectivity index (χ1n) is 7.79. The van der Waals surface area contributed by atoms with Gasteiger partial charge in [-0.05, 0) is 12.1 Å². The van der Waals surface area contributed by atoms with Crippen LogP contribution in [-0.4, -0.2) is 65.8 Å². The Kier molecular flexibility index (Phi) is 4.94. The van der Waals surface area contributed by atoms with Gasteiger partial charge < -0.3 is 30.0 Å². The lowest BCUT2D eigenvalue weighted by Gasteiger charge is -2.31. The number of aromatic nitrogens is 2. The van der Waals surface area contributed by atoms with Crippen molar-refractivity contribution >= 4 is 11.9 Å². The van der Waals surface area contributed by atoms with E-state index >= 15 is 0 Å². The molecular weight excluding hydrogens is 328 g/mol. The van der Waals surface area contributed by atoms with Crippen molar-refractivity contribution in [1.82, 2.24) is 15.1 Å². The predicted molar refractivity (Wildman–Crippen MR) is 89.8 cm³/mol. The summed E-state index contributed by atoms with van der Waals surface area (Å²) in [6.45, 7) is 1.20. The molecule has 1 saturated heterocycles. The second-order valence-corrected chi connectivity index (χ2v) is 5.57. The summed E-state index contributed by atoms with van der Waals surface area (Å²) < 4.78 is 16.9. The smallest absolute Gasteiger partial charge is 0.407 e. The largest absolute Gasteiger partial charge is 0.496 e. The van der Waals surface area contributed by atoms with E-state index < -0.39 is 6.09 Å². The normalized spacial score (nSPS) is 17.3. The van der Waals surface area contributed by atoms with Crippen LogP contribution in [0.1, 0.15) is 0 Å². The number of rotatable bonds is 5. The molecule has 9 nitrogen and oxygen atoms in total. The number of nitrogens with one attached hydrogen (secondary N) is 1. The monoisotopic (exact) mass is 348 g/mol. The summed E-state index contributed by atoms with van der Waals surface area (Å²) in [7, 11) is 1.57. The van der Waals surface area contributed by atoms with Crippen molar-refractivity contribution in [2.45, 2.75) is 6.10 Å². The Hall–Kier alpha value is -2.94. The Morgan fingerprint density at radius 2 is 2.32 bits per heavy atom. The van der Waals surface area contributed by atoms with Crippen molar-refractivity contribution in [2.75, 3.05) is 39.1 Å². The zero-order valence-electron chi connectivity index (χ0n) is 13.8. The highest BCUT2D eigenvalue weighted by Gasteiger charge is 2.25. The summed E-state index contributed by atoms with van der Waals surface area (Å²) in [4.78, 5) is 12.4. The summed E-state index contributed by atoms with van der Waals surface area (Å²) in [5, 5.41) is 15.9. The first-order valence-corrected chi connectivity index (χ1v) is 7.79. The maximum Gasteiger partial charge on any atom is 0.407 e. The van der Waals surface area contributed by atoms with E-state index in [1.54, 1.807) is 19.2 Å². The van der Waals surface area contributed by atoms with E-state index in [4.69, 9.17) is 25.1 Å². The number of nitrogens with two attached hydrogens (primary N) is 1. The van der Waals surface area contributed by atoms with Gasteiger partial charge in [0.25, 0.3) is 0 Å². The molecule has 0 radical (unpaired) electrons. The first kappa shape index (κ1) is 16.9. The Bertz CT molecular complexity index is 748. The highest BCUT2D eigenvalue weighted by atomic mass is 16.5.